The van der Waals surface area contributed by atoms with Gasteiger partial charge in [-0.1, -0.05) is 24.3 Å². The topological polar surface area (TPSA) is 158 Å². The third-order valence-electron chi connectivity index (χ3n) is 7.82. The van der Waals surface area contributed by atoms with Crippen LogP contribution < -0.4 is 0 Å². The molecular formula is C29H26O9. The van der Waals surface area contributed by atoms with Crippen molar-refractivity contribution in [2.24, 2.45) is 11.8 Å². The molecule has 2 aromatic carbocycles. The minimum Gasteiger partial charge on any atom is -0.508 e. The molecule has 0 heterocycles. The molecule has 2 aromatic rings. The highest BCUT2D eigenvalue weighted by atomic mass is 16.5. The van der Waals surface area contributed by atoms with Gasteiger partial charge in [0.1, 0.15) is 29.4 Å². The van der Waals surface area contributed by atoms with Crippen LogP contribution in [0.25, 0.3) is 16.9 Å². The Morgan fingerprint density at radius 1 is 1.08 bits per heavy atom. The standard InChI is InChI=1S/C29H26O9/c1-13(30)23-21(32)11-17-9-16-10-19-18(14-4-3-5-15(8-14)22(33)12-38-2)6-7-20(31)25(19)26(34)24(16)28(36)29(17,37)27(23)35/h3-8,16-17,31,34-35,37H,9-12H2,1-2H3/t16-,17+,29-/m1/s1. The van der Waals surface area contributed by atoms with Crippen LogP contribution in [0.2, 0.25) is 0 Å². The smallest absolute Gasteiger partial charge is 0.202 e. The van der Waals surface area contributed by atoms with Gasteiger partial charge in [-0.15, -0.1) is 0 Å². The molecule has 0 radical (unpaired) electrons. The number of aliphatic hydroxyl groups excluding tert-OH is 2. The number of benzene rings is 2. The Balaban J connectivity index is 1.66. The third-order valence-corrected chi connectivity index (χ3v) is 7.82. The van der Waals surface area contributed by atoms with Gasteiger partial charge >= 0.3 is 0 Å². The number of Topliss-reactive ketones (excluding diaryl/α,β-unsaturated/α-hetero) is 4. The van der Waals surface area contributed by atoms with Crippen molar-refractivity contribution < 1.29 is 44.3 Å². The molecule has 0 amide bonds. The van der Waals surface area contributed by atoms with Crippen LogP contribution in [-0.4, -0.2) is 62.9 Å². The van der Waals surface area contributed by atoms with Crippen LogP contribution in [-0.2, 0) is 25.5 Å². The second-order valence-corrected chi connectivity index (χ2v) is 10.0. The van der Waals surface area contributed by atoms with Gasteiger partial charge in [0.05, 0.1) is 5.56 Å². The Hall–Kier alpha value is -4.08. The summed E-state index contributed by atoms with van der Waals surface area (Å²) in [6.07, 6.45) is -0.0516. The number of ketones is 4. The minimum atomic E-state index is -2.53. The van der Waals surface area contributed by atoms with Gasteiger partial charge in [0.15, 0.2) is 23.0 Å². The largest absolute Gasteiger partial charge is 0.508 e. The lowest BCUT2D eigenvalue weighted by Crippen LogP contribution is -2.57. The van der Waals surface area contributed by atoms with Gasteiger partial charge in [-0.05, 0) is 54.5 Å². The Bertz CT molecular complexity index is 1500. The van der Waals surface area contributed by atoms with E-state index in [4.69, 9.17) is 4.74 Å². The number of phenolic OH excluding ortho intramolecular Hbond substituents is 1. The number of aromatic hydroxyl groups is 1. The molecule has 1 fully saturated rings. The monoisotopic (exact) mass is 518 g/mol. The maximum atomic E-state index is 13.7. The van der Waals surface area contributed by atoms with E-state index in [1.807, 2.05) is 0 Å². The van der Waals surface area contributed by atoms with Crippen molar-refractivity contribution in [3.05, 3.63) is 70.0 Å². The molecule has 9 heteroatoms. The lowest BCUT2D eigenvalue weighted by Gasteiger charge is -2.46. The van der Waals surface area contributed by atoms with Crippen molar-refractivity contribution in [1.29, 1.82) is 0 Å². The van der Waals surface area contributed by atoms with Crippen molar-refractivity contribution in [2.75, 3.05) is 13.7 Å². The predicted molar refractivity (Wildman–Crippen MR) is 135 cm³/mol. The second-order valence-electron chi connectivity index (χ2n) is 10.0. The fraction of sp³-hybridized carbons (Fsp3) is 0.310. The molecule has 9 nitrogen and oxygen atoms in total. The van der Waals surface area contributed by atoms with Crippen LogP contribution in [0.3, 0.4) is 0 Å². The van der Waals surface area contributed by atoms with E-state index in [0.717, 1.165) is 6.92 Å². The number of allylic oxidation sites excluding steroid dienone is 1. The fourth-order valence-corrected chi connectivity index (χ4v) is 6.08. The number of carbonyl (C=O) groups is 4. The van der Waals surface area contributed by atoms with Crippen LogP contribution in [0.5, 0.6) is 5.75 Å². The van der Waals surface area contributed by atoms with Crippen molar-refractivity contribution in [3.63, 3.8) is 0 Å². The summed E-state index contributed by atoms with van der Waals surface area (Å²) in [5.41, 5.74) is -1.06. The van der Waals surface area contributed by atoms with Gasteiger partial charge in [-0.2, -0.15) is 0 Å². The van der Waals surface area contributed by atoms with Crippen LogP contribution in [0.15, 0.2) is 53.3 Å². The van der Waals surface area contributed by atoms with Crippen molar-refractivity contribution in [2.45, 2.75) is 31.8 Å². The van der Waals surface area contributed by atoms with E-state index in [1.165, 1.54) is 13.2 Å². The molecule has 0 aliphatic heterocycles. The quantitative estimate of drug-likeness (QED) is 0.345. The first-order valence-corrected chi connectivity index (χ1v) is 12.2. The van der Waals surface area contributed by atoms with Crippen LogP contribution in [0, 0.1) is 11.8 Å². The lowest BCUT2D eigenvalue weighted by atomic mass is 9.59. The zero-order valence-electron chi connectivity index (χ0n) is 20.8. The molecule has 4 N–H and O–H groups in total. The van der Waals surface area contributed by atoms with Gasteiger partial charge in [-0.25, -0.2) is 0 Å². The number of carbonyl (C=O) groups excluding carboxylic acids is 4. The molecule has 0 saturated heterocycles. The molecule has 3 atom stereocenters. The summed E-state index contributed by atoms with van der Waals surface area (Å²) in [5.74, 6) is -6.07. The zero-order valence-corrected chi connectivity index (χ0v) is 20.8. The third kappa shape index (κ3) is 3.61. The summed E-state index contributed by atoms with van der Waals surface area (Å²) in [6.45, 7) is 0.970. The molecule has 0 spiro atoms. The summed E-state index contributed by atoms with van der Waals surface area (Å²) in [5, 5.41) is 44.1. The van der Waals surface area contributed by atoms with E-state index in [-0.39, 0.29) is 48.5 Å². The Labute approximate surface area is 217 Å². The average Bonchev–Trinajstić information content (AvgIpc) is 2.86. The number of hydrogen-bond donors (Lipinski definition) is 4. The number of phenols is 1. The van der Waals surface area contributed by atoms with Crippen molar-refractivity contribution >= 4 is 28.9 Å². The highest BCUT2D eigenvalue weighted by Gasteiger charge is 2.60. The SMILES string of the molecule is COCC(=O)c1cccc(-c2ccc(O)c3c2C[C@H]2C[C@H]4CC(=O)C(C(C)=O)=C(O)[C@@]4(O)C(=O)C2=C3O)c1. The van der Waals surface area contributed by atoms with Gasteiger partial charge < -0.3 is 25.2 Å². The van der Waals surface area contributed by atoms with Crippen LogP contribution in [0.4, 0.5) is 0 Å². The molecule has 196 valence electrons. The molecule has 0 aromatic heterocycles. The number of methoxy groups -OCH3 is 1. The van der Waals surface area contributed by atoms with E-state index < -0.39 is 51.9 Å². The highest BCUT2D eigenvalue weighted by Crippen LogP contribution is 2.53. The van der Waals surface area contributed by atoms with Crippen molar-refractivity contribution in [1.82, 2.24) is 0 Å². The second kappa shape index (κ2) is 9.04. The van der Waals surface area contributed by atoms with Gasteiger partial charge in [0, 0.05) is 30.6 Å². The normalized spacial score (nSPS) is 24.6. The van der Waals surface area contributed by atoms with Gasteiger partial charge in [0.2, 0.25) is 5.78 Å². The van der Waals surface area contributed by atoms with Crippen LogP contribution >= 0.6 is 0 Å². The molecule has 0 bridgehead atoms. The Kier molecular flexibility index (Phi) is 6.08. The summed E-state index contributed by atoms with van der Waals surface area (Å²) >= 11 is 0. The molecule has 5 rings (SSSR count). The predicted octanol–water partition coefficient (Wildman–Crippen LogP) is 3.02. The number of rotatable bonds is 5. The first-order chi connectivity index (χ1) is 18.0. The first kappa shape index (κ1) is 25.6. The lowest BCUT2D eigenvalue weighted by molar-refractivity contribution is -0.147. The maximum absolute atomic E-state index is 13.7. The van der Waals surface area contributed by atoms with Gasteiger partial charge in [0.25, 0.3) is 0 Å². The van der Waals surface area contributed by atoms with E-state index in [2.05, 4.69) is 0 Å². The van der Waals surface area contributed by atoms with Gasteiger partial charge in [-0.3, -0.25) is 19.2 Å². The minimum absolute atomic E-state index is 0.0138. The van der Waals surface area contributed by atoms with E-state index in [0.29, 0.717) is 22.3 Å². The Morgan fingerprint density at radius 2 is 1.82 bits per heavy atom. The summed E-state index contributed by atoms with van der Waals surface area (Å²) in [6, 6.07) is 9.85. The van der Waals surface area contributed by atoms with E-state index in [9.17, 15) is 39.6 Å². The number of fused-ring (bicyclic) bond motifs is 3. The molecule has 3 aliphatic carbocycles. The maximum Gasteiger partial charge on any atom is 0.202 e. The summed E-state index contributed by atoms with van der Waals surface area (Å²) < 4.78 is 4.94. The summed E-state index contributed by atoms with van der Waals surface area (Å²) in [7, 11) is 1.42. The summed E-state index contributed by atoms with van der Waals surface area (Å²) in [4.78, 5) is 50.6. The number of hydrogen-bond acceptors (Lipinski definition) is 9. The van der Waals surface area contributed by atoms with Crippen LogP contribution in [0.1, 0.15) is 41.3 Å². The molecule has 0 unspecified atom stereocenters. The van der Waals surface area contributed by atoms with E-state index in [1.54, 1.807) is 30.3 Å². The molecular weight excluding hydrogens is 492 g/mol. The molecule has 3 aliphatic rings. The zero-order chi connectivity index (χ0) is 27.5. The molecule has 38 heavy (non-hydrogen) atoms. The Morgan fingerprint density at radius 3 is 2.50 bits per heavy atom. The number of ether oxygens (including phenoxy) is 1. The number of aliphatic hydroxyl groups is 3. The van der Waals surface area contributed by atoms with Crippen molar-refractivity contribution in [3.8, 4) is 16.9 Å². The highest BCUT2D eigenvalue weighted by molar-refractivity contribution is 6.23. The fourth-order valence-electron chi connectivity index (χ4n) is 6.08. The average molecular weight is 519 g/mol. The first-order valence-electron chi connectivity index (χ1n) is 12.2. The molecule has 1 saturated carbocycles. The van der Waals surface area contributed by atoms with E-state index >= 15 is 0 Å².